The minimum absolute atomic E-state index is 0.135. The van der Waals surface area contributed by atoms with Crippen molar-refractivity contribution in [3.63, 3.8) is 0 Å². The van der Waals surface area contributed by atoms with Crippen molar-refractivity contribution in [3.8, 4) is 0 Å². The monoisotopic (exact) mass is 330 g/mol. The molecule has 0 N–H and O–H groups in total. The summed E-state index contributed by atoms with van der Waals surface area (Å²) in [6.45, 7) is 11.9. The van der Waals surface area contributed by atoms with Crippen molar-refractivity contribution in [1.82, 2.24) is 0 Å². The first-order valence-electron chi connectivity index (χ1n) is 9.23. The lowest BCUT2D eigenvalue weighted by Gasteiger charge is -2.48. The van der Waals surface area contributed by atoms with Gasteiger partial charge in [0.25, 0.3) is 0 Å². The van der Waals surface area contributed by atoms with Crippen molar-refractivity contribution in [2.24, 2.45) is 0 Å². The van der Waals surface area contributed by atoms with Gasteiger partial charge in [-0.25, -0.2) is 0 Å². The molecule has 130 valence electrons. The molecule has 4 unspecified atom stereocenters. The van der Waals surface area contributed by atoms with E-state index in [1.165, 1.54) is 31.8 Å². The van der Waals surface area contributed by atoms with Gasteiger partial charge in [0.1, 0.15) is 0 Å². The van der Waals surface area contributed by atoms with Crippen LogP contribution in [0.3, 0.4) is 0 Å². The van der Waals surface area contributed by atoms with Crippen LogP contribution in [0.25, 0.3) is 0 Å². The van der Waals surface area contributed by atoms with E-state index < -0.39 is 11.6 Å². The zero-order valence-corrected chi connectivity index (χ0v) is 16.1. The highest BCUT2D eigenvalue weighted by atomic mass is 31.1. The van der Waals surface area contributed by atoms with Gasteiger partial charge in [0.05, 0.1) is 0 Å². The molecular formula is C18H35O3P. The van der Waals surface area contributed by atoms with Crippen LogP contribution in [0.15, 0.2) is 0 Å². The van der Waals surface area contributed by atoms with Gasteiger partial charge in [-0.1, -0.05) is 54.9 Å². The molecular weight excluding hydrogens is 295 g/mol. The third kappa shape index (κ3) is 2.99. The molecule has 22 heavy (non-hydrogen) atoms. The Labute approximate surface area is 138 Å². The van der Waals surface area contributed by atoms with Crippen molar-refractivity contribution >= 4 is 7.92 Å². The van der Waals surface area contributed by atoms with Crippen molar-refractivity contribution in [3.05, 3.63) is 0 Å². The van der Waals surface area contributed by atoms with Crippen LogP contribution >= 0.6 is 7.92 Å². The van der Waals surface area contributed by atoms with Gasteiger partial charge in [-0.3, -0.25) is 0 Å². The van der Waals surface area contributed by atoms with E-state index in [-0.39, 0.29) is 13.1 Å². The number of rotatable bonds is 9. The summed E-state index contributed by atoms with van der Waals surface area (Å²) in [6.07, 6.45) is 10.3. The third-order valence-corrected chi connectivity index (χ3v) is 9.15. The Morgan fingerprint density at radius 3 is 2.32 bits per heavy atom. The maximum absolute atomic E-state index is 6.61. The summed E-state index contributed by atoms with van der Waals surface area (Å²) in [4.78, 5) is 0. The zero-order valence-electron chi connectivity index (χ0n) is 15.2. The SMILES string of the molecule is CCCCCC12OCOC(CC)(CC1(CC)P(C)CCC)O2. The minimum Gasteiger partial charge on any atom is -0.324 e. The lowest BCUT2D eigenvalue weighted by molar-refractivity contribution is -0.413. The highest BCUT2D eigenvalue weighted by Crippen LogP contribution is 2.68. The van der Waals surface area contributed by atoms with E-state index in [2.05, 4.69) is 34.4 Å². The smallest absolute Gasteiger partial charge is 0.184 e. The predicted molar refractivity (Wildman–Crippen MR) is 93.7 cm³/mol. The van der Waals surface area contributed by atoms with Gasteiger partial charge in [0.2, 0.25) is 0 Å². The lowest BCUT2D eigenvalue weighted by atomic mass is 9.87. The molecule has 2 heterocycles. The topological polar surface area (TPSA) is 27.7 Å². The van der Waals surface area contributed by atoms with Gasteiger partial charge in [0, 0.05) is 18.0 Å². The van der Waals surface area contributed by atoms with Crippen LogP contribution < -0.4 is 0 Å². The highest BCUT2D eigenvalue weighted by molar-refractivity contribution is 7.58. The molecule has 2 bridgehead atoms. The van der Waals surface area contributed by atoms with Gasteiger partial charge in [-0.05, 0) is 32.1 Å². The standard InChI is InChI=1S/C18H35O3P/c1-6-10-11-12-18-16(8-3,22(5)13-7-2)14-17(9-4,21-18)19-15-20-18/h6-15H2,1-5H3. The Kier molecular flexibility index (Phi) is 6.33. The second-order valence-corrected chi connectivity index (χ2v) is 9.67. The van der Waals surface area contributed by atoms with Crippen LogP contribution in [0, 0.1) is 0 Å². The number of hydrogen-bond acceptors (Lipinski definition) is 3. The second-order valence-electron chi connectivity index (χ2n) is 6.97. The molecule has 0 spiro atoms. The molecule has 4 atom stereocenters. The van der Waals surface area contributed by atoms with Crippen LogP contribution in [0.4, 0.5) is 0 Å². The Balaban J connectivity index is 2.34. The molecule has 0 aromatic carbocycles. The summed E-state index contributed by atoms with van der Waals surface area (Å²) in [7, 11) is -0.135. The van der Waals surface area contributed by atoms with Gasteiger partial charge >= 0.3 is 0 Å². The molecule has 4 heteroatoms. The van der Waals surface area contributed by atoms with Gasteiger partial charge in [0.15, 0.2) is 18.4 Å². The van der Waals surface area contributed by atoms with E-state index >= 15 is 0 Å². The first-order valence-corrected chi connectivity index (χ1v) is 11.2. The average molecular weight is 330 g/mol. The summed E-state index contributed by atoms with van der Waals surface area (Å²) < 4.78 is 18.9. The second kappa shape index (κ2) is 7.47. The normalized spacial score (nSPS) is 39.1. The number of hydrogen-bond donors (Lipinski definition) is 0. The van der Waals surface area contributed by atoms with Crippen LogP contribution in [0.5, 0.6) is 0 Å². The largest absolute Gasteiger partial charge is 0.324 e. The Morgan fingerprint density at radius 2 is 1.73 bits per heavy atom. The number of ether oxygens (including phenoxy) is 3. The Bertz CT molecular complexity index is 364. The summed E-state index contributed by atoms with van der Waals surface area (Å²) in [5.74, 6) is -0.800. The highest BCUT2D eigenvalue weighted by Gasteiger charge is 2.68. The fourth-order valence-electron chi connectivity index (χ4n) is 4.39. The summed E-state index contributed by atoms with van der Waals surface area (Å²) in [5.41, 5.74) is 0. The molecule has 2 rings (SSSR count). The van der Waals surface area contributed by atoms with Crippen molar-refractivity contribution < 1.29 is 14.2 Å². The maximum atomic E-state index is 6.61. The Morgan fingerprint density at radius 1 is 0.955 bits per heavy atom. The van der Waals surface area contributed by atoms with Crippen LogP contribution in [-0.4, -0.2) is 36.3 Å². The van der Waals surface area contributed by atoms with Crippen molar-refractivity contribution in [2.45, 2.75) is 95.8 Å². The fraction of sp³-hybridized carbons (Fsp3) is 1.00. The first kappa shape index (κ1) is 18.6. The molecule has 0 saturated carbocycles. The quantitative estimate of drug-likeness (QED) is 0.415. The molecule has 2 fully saturated rings. The van der Waals surface area contributed by atoms with Gasteiger partial charge in [-0.2, -0.15) is 0 Å². The molecule has 2 aliphatic rings. The number of fused-ring (bicyclic) bond motifs is 2. The van der Waals surface area contributed by atoms with E-state index in [1.54, 1.807) is 0 Å². The van der Waals surface area contributed by atoms with E-state index in [9.17, 15) is 0 Å². The lowest BCUT2D eigenvalue weighted by Crippen LogP contribution is -2.53. The first-order chi connectivity index (χ1) is 10.5. The molecule has 0 amide bonds. The maximum Gasteiger partial charge on any atom is 0.184 e. The molecule has 0 aromatic rings. The summed E-state index contributed by atoms with van der Waals surface area (Å²) in [5, 5.41) is 0.151. The van der Waals surface area contributed by atoms with Crippen molar-refractivity contribution in [2.75, 3.05) is 19.6 Å². The molecule has 2 saturated heterocycles. The van der Waals surface area contributed by atoms with E-state index in [1.807, 2.05) is 0 Å². The number of unbranched alkanes of at least 4 members (excludes halogenated alkanes) is 2. The molecule has 2 aliphatic heterocycles. The molecule has 0 radical (unpaired) electrons. The molecule has 0 aromatic heterocycles. The zero-order chi connectivity index (χ0) is 16.3. The summed E-state index contributed by atoms with van der Waals surface area (Å²) in [6, 6.07) is 0. The average Bonchev–Trinajstić information content (AvgIpc) is 2.73. The van der Waals surface area contributed by atoms with E-state index in [0.717, 1.165) is 25.7 Å². The molecule has 3 nitrogen and oxygen atoms in total. The van der Waals surface area contributed by atoms with Crippen LogP contribution in [-0.2, 0) is 14.2 Å². The molecule has 0 aliphatic carbocycles. The predicted octanol–water partition coefficient (Wildman–Crippen LogP) is 5.46. The minimum atomic E-state index is -0.402. The van der Waals surface area contributed by atoms with Crippen LogP contribution in [0.1, 0.15) is 79.1 Å². The van der Waals surface area contributed by atoms with Crippen LogP contribution in [0.2, 0.25) is 0 Å². The van der Waals surface area contributed by atoms with Gasteiger partial charge < -0.3 is 14.2 Å². The van der Waals surface area contributed by atoms with Crippen molar-refractivity contribution in [1.29, 1.82) is 0 Å². The fourth-order valence-corrected chi connectivity index (χ4v) is 7.34. The Hall–Kier alpha value is 0.310. The van der Waals surface area contributed by atoms with Gasteiger partial charge in [-0.15, -0.1) is 0 Å². The third-order valence-electron chi connectivity index (χ3n) is 5.76. The van der Waals surface area contributed by atoms with E-state index in [0.29, 0.717) is 6.79 Å². The van der Waals surface area contributed by atoms with E-state index in [4.69, 9.17) is 14.2 Å². The summed E-state index contributed by atoms with van der Waals surface area (Å²) >= 11 is 0.